The van der Waals surface area contributed by atoms with Crippen LogP contribution in [0.1, 0.15) is 11.1 Å². The first-order valence-corrected chi connectivity index (χ1v) is 9.52. The van der Waals surface area contributed by atoms with E-state index in [9.17, 15) is 4.79 Å². The Morgan fingerprint density at radius 3 is 2.24 bits per heavy atom. The van der Waals surface area contributed by atoms with Crippen LogP contribution in [0, 0.1) is 0 Å². The molecule has 0 radical (unpaired) electrons. The van der Waals surface area contributed by atoms with E-state index < -0.39 is 0 Å². The van der Waals surface area contributed by atoms with Crippen molar-refractivity contribution < 1.29 is 9.53 Å². The number of rotatable bonds is 7. The molecule has 0 saturated carbocycles. The molecular weight excluding hydrogens is 360 g/mol. The van der Waals surface area contributed by atoms with Crippen LogP contribution >= 0.6 is 0 Å². The monoisotopic (exact) mass is 386 g/mol. The molecule has 3 aromatic rings. The lowest BCUT2D eigenvalue weighted by molar-refractivity contribution is -0.134. The molecule has 0 aliphatic heterocycles. The van der Waals surface area contributed by atoms with E-state index in [0.717, 1.165) is 17.8 Å². The van der Waals surface area contributed by atoms with E-state index in [4.69, 9.17) is 0 Å². The fraction of sp³-hybridized carbons (Fsp3) is 0.160. The molecule has 0 unspecified atom stereocenters. The van der Waals surface area contributed by atoms with Crippen LogP contribution in [0.25, 0.3) is 17.2 Å². The third-order valence-corrected chi connectivity index (χ3v) is 4.67. The molecule has 4 heteroatoms. The highest BCUT2D eigenvalue weighted by molar-refractivity contribution is 5.87. The first-order chi connectivity index (χ1) is 14.0. The minimum atomic E-state index is -0.361. The lowest BCUT2D eigenvalue weighted by Crippen LogP contribution is -2.07. The Labute approximate surface area is 172 Å². The van der Waals surface area contributed by atoms with E-state index >= 15 is 0 Å². The van der Waals surface area contributed by atoms with Crippen molar-refractivity contribution in [3.8, 4) is 11.1 Å². The number of esters is 1. The molecular formula is C25H26N2O2. The van der Waals surface area contributed by atoms with Gasteiger partial charge in [-0.1, -0.05) is 48.5 Å². The Hall–Kier alpha value is -3.53. The van der Waals surface area contributed by atoms with Crippen LogP contribution in [0.5, 0.6) is 0 Å². The van der Waals surface area contributed by atoms with Crippen LogP contribution in [0.2, 0.25) is 0 Å². The van der Waals surface area contributed by atoms with Crippen molar-refractivity contribution in [3.05, 3.63) is 90.0 Å². The lowest BCUT2D eigenvalue weighted by Gasteiger charge is -2.13. The van der Waals surface area contributed by atoms with Crippen molar-refractivity contribution in [2.24, 2.45) is 0 Å². The van der Waals surface area contributed by atoms with Crippen LogP contribution < -0.4 is 10.2 Å². The van der Waals surface area contributed by atoms with Crippen molar-refractivity contribution in [3.63, 3.8) is 0 Å². The van der Waals surface area contributed by atoms with Gasteiger partial charge in [-0.2, -0.15) is 0 Å². The highest BCUT2D eigenvalue weighted by Crippen LogP contribution is 2.23. The summed E-state index contributed by atoms with van der Waals surface area (Å²) in [5, 5.41) is 3.43. The predicted octanol–water partition coefficient (Wildman–Crippen LogP) is 5.22. The zero-order valence-corrected chi connectivity index (χ0v) is 17.1. The van der Waals surface area contributed by atoms with Crippen molar-refractivity contribution >= 4 is 23.4 Å². The normalized spacial score (nSPS) is 10.7. The van der Waals surface area contributed by atoms with Gasteiger partial charge in [0.25, 0.3) is 0 Å². The van der Waals surface area contributed by atoms with Crippen molar-refractivity contribution in [2.75, 3.05) is 31.4 Å². The maximum Gasteiger partial charge on any atom is 0.330 e. The van der Waals surface area contributed by atoms with Crippen LogP contribution in [-0.4, -0.2) is 27.2 Å². The minimum absolute atomic E-state index is 0.361. The number of nitrogens with one attached hydrogen (secondary N) is 1. The van der Waals surface area contributed by atoms with Crippen molar-refractivity contribution in [1.82, 2.24) is 0 Å². The Morgan fingerprint density at radius 1 is 0.966 bits per heavy atom. The van der Waals surface area contributed by atoms with Crippen LogP contribution in [0.4, 0.5) is 11.4 Å². The van der Waals surface area contributed by atoms with Gasteiger partial charge in [0.15, 0.2) is 0 Å². The second-order valence-corrected chi connectivity index (χ2v) is 6.97. The fourth-order valence-electron chi connectivity index (χ4n) is 2.96. The van der Waals surface area contributed by atoms with Gasteiger partial charge in [-0.25, -0.2) is 4.79 Å². The Kier molecular flexibility index (Phi) is 6.69. The SMILES string of the molecule is COC(=O)/C=C/c1cccc(NCc2ccc(-c3ccc(N(C)C)cc3)cc2)c1. The van der Waals surface area contributed by atoms with Gasteiger partial charge >= 0.3 is 5.97 Å². The third-order valence-electron chi connectivity index (χ3n) is 4.67. The summed E-state index contributed by atoms with van der Waals surface area (Å²) in [5.74, 6) is -0.361. The summed E-state index contributed by atoms with van der Waals surface area (Å²) < 4.78 is 4.62. The number of methoxy groups -OCH3 is 1. The second-order valence-electron chi connectivity index (χ2n) is 6.97. The van der Waals surface area contributed by atoms with Gasteiger partial charge in [0.2, 0.25) is 0 Å². The van der Waals surface area contributed by atoms with Gasteiger partial charge in [0, 0.05) is 38.1 Å². The Bertz CT molecular complexity index is 974. The summed E-state index contributed by atoms with van der Waals surface area (Å²) in [6, 6.07) is 25.1. The van der Waals surface area contributed by atoms with Crippen LogP contribution in [0.3, 0.4) is 0 Å². The molecule has 29 heavy (non-hydrogen) atoms. The highest BCUT2D eigenvalue weighted by Gasteiger charge is 2.01. The fourth-order valence-corrected chi connectivity index (χ4v) is 2.96. The standard InChI is InChI=1S/C25H26N2O2/c1-27(2)24-14-12-22(13-15-24)21-10-7-20(8-11-21)18-26-23-6-4-5-19(17-23)9-16-25(28)29-3/h4-17,26H,18H2,1-3H3/b16-9+. The molecule has 0 aliphatic rings. The molecule has 1 N–H and O–H groups in total. The molecule has 3 aromatic carbocycles. The van der Waals surface area contributed by atoms with E-state index in [2.05, 4.69) is 63.5 Å². The van der Waals surface area contributed by atoms with Gasteiger partial charge in [-0.05, 0) is 52.6 Å². The number of benzene rings is 3. The van der Waals surface area contributed by atoms with Gasteiger partial charge in [-0.3, -0.25) is 0 Å². The number of hydrogen-bond donors (Lipinski definition) is 1. The molecule has 0 aromatic heterocycles. The number of carbonyl (C=O) groups is 1. The number of ether oxygens (including phenoxy) is 1. The average Bonchev–Trinajstić information content (AvgIpc) is 2.76. The summed E-state index contributed by atoms with van der Waals surface area (Å²) in [5.41, 5.74) is 6.75. The Morgan fingerprint density at radius 2 is 1.62 bits per heavy atom. The van der Waals surface area contributed by atoms with Gasteiger partial charge in [-0.15, -0.1) is 0 Å². The summed E-state index contributed by atoms with van der Waals surface area (Å²) in [4.78, 5) is 13.3. The summed E-state index contributed by atoms with van der Waals surface area (Å²) in [6.07, 6.45) is 3.16. The molecule has 0 spiro atoms. The van der Waals surface area contributed by atoms with E-state index in [1.54, 1.807) is 6.08 Å². The quantitative estimate of drug-likeness (QED) is 0.447. The number of carbonyl (C=O) groups excluding carboxylic acids is 1. The summed E-state index contributed by atoms with van der Waals surface area (Å²) in [6.45, 7) is 0.726. The van der Waals surface area contributed by atoms with Gasteiger partial charge in [0.05, 0.1) is 7.11 Å². The zero-order valence-electron chi connectivity index (χ0n) is 17.1. The van der Waals surface area contributed by atoms with E-state index in [1.807, 2.05) is 38.4 Å². The molecule has 3 rings (SSSR count). The molecule has 0 aliphatic carbocycles. The van der Waals surface area contributed by atoms with Crippen molar-refractivity contribution in [2.45, 2.75) is 6.54 Å². The molecule has 0 bridgehead atoms. The van der Waals surface area contributed by atoms with Gasteiger partial charge in [0.1, 0.15) is 0 Å². The number of nitrogens with zero attached hydrogens (tertiary/aromatic N) is 1. The number of hydrogen-bond acceptors (Lipinski definition) is 4. The lowest BCUT2D eigenvalue weighted by atomic mass is 10.0. The van der Waals surface area contributed by atoms with E-state index in [1.165, 1.54) is 35.6 Å². The predicted molar refractivity (Wildman–Crippen MR) is 121 cm³/mol. The van der Waals surface area contributed by atoms with E-state index in [0.29, 0.717) is 0 Å². The molecule has 0 amide bonds. The zero-order chi connectivity index (χ0) is 20.6. The third kappa shape index (κ3) is 5.72. The molecule has 0 atom stereocenters. The molecule has 0 fully saturated rings. The number of anilines is 2. The van der Waals surface area contributed by atoms with Crippen LogP contribution in [-0.2, 0) is 16.1 Å². The van der Waals surface area contributed by atoms with E-state index in [-0.39, 0.29) is 5.97 Å². The minimum Gasteiger partial charge on any atom is -0.466 e. The van der Waals surface area contributed by atoms with Gasteiger partial charge < -0.3 is 15.0 Å². The molecule has 4 nitrogen and oxygen atoms in total. The van der Waals surface area contributed by atoms with Crippen LogP contribution in [0.15, 0.2) is 78.9 Å². The second kappa shape index (κ2) is 9.60. The maximum atomic E-state index is 11.2. The summed E-state index contributed by atoms with van der Waals surface area (Å²) >= 11 is 0. The first-order valence-electron chi connectivity index (χ1n) is 9.52. The highest BCUT2D eigenvalue weighted by atomic mass is 16.5. The first kappa shape index (κ1) is 20.2. The molecule has 148 valence electrons. The average molecular weight is 386 g/mol. The van der Waals surface area contributed by atoms with Crippen molar-refractivity contribution in [1.29, 1.82) is 0 Å². The topological polar surface area (TPSA) is 41.6 Å². The maximum absolute atomic E-state index is 11.2. The Balaban J connectivity index is 1.62. The molecule has 0 saturated heterocycles. The largest absolute Gasteiger partial charge is 0.466 e. The summed E-state index contributed by atoms with van der Waals surface area (Å²) in [7, 11) is 5.46. The molecule has 0 heterocycles. The smallest absolute Gasteiger partial charge is 0.330 e.